The molecule has 0 aliphatic heterocycles. The molecule has 0 radical (unpaired) electrons. The van der Waals surface area contributed by atoms with Crippen molar-refractivity contribution < 1.29 is 24.7 Å². The number of nitrogens with zero attached hydrogens (tertiary/aromatic N) is 2. The van der Waals surface area contributed by atoms with Gasteiger partial charge in [-0.05, 0) is 4.92 Å². The summed E-state index contributed by atoms with van der Waals surface area (Å²) in [4.78, 5) is 26.9. The first-order valence-electron chi connectivity index (χ1n) is 5.00. The standard InChI is InChI=1S/C9H13N3O6/c1-4-10-7(9(11-4)12(16)17)8(15)5(13)3-6(14)18-2/h5,8,13,15H,3H2,1-2H3,(H,10,11). The SMILES string of the molecule is COC(=O)CC(O)C(O)c1nc(C)[nH]c1[N+](=O)[O-]. The number of nitrogens with one attached hydrogen (secondary N) is 1. The number of nitro groups is 1. The number of ether oxygens (including phenoxy) is 1. The molecule has 0 aliphatic rings. The largest absolute Gasteiger partial charge is 0.469 e. The number of esters is 1. The smallest absolute Gasteiger partial charge is 0.346 e. The topological polar surface area (TPSA) is 139 Å². The van der Waals surface area contributed by atoms with Gasteiger partial charge in [-0.3, -0.25) is 4.79 Å². The van der Waals surface area contributed by atoms with Gasteiger partial charge in [-0.25, -0.2) is 9.97 Å². The molecule has 1 rings (SSSR count). The van der Waals surface area contributed by atoms with Gasteiger partial charge in [-0.1, -0.05) is 0 Å². The first kappa shape index (κ1) is 14.1. The molecule has 0 spiro atoms. The van der Waals surface area contributed by atoms with Gasteiger partial charge >= 0.3 is 11.8 Å². The summed E-state index contributed by atoms with van der Waals surface area (Å²) >= 11 is 0. The molecule has 9 heteroatoms. The summed E-state index contributed by atoms with van der Waals surface area (Å²) in [6.45, 7) is 1.47. The number of aromatic nitrogens is 2. The Morgan fingerprint density at radius 1 is 1.61 bits per heavy atom. The van der Waals surface area contributed by atoms with Crippen LogP contribution in [-0.2, 0) is 9.53 Å². The third-order valence-corrected chi connectivity index (χ3v) is 2.26. The number of carbonyl (C=O) groups is 1. The van der Waals surface area contributed by atoms with E-state index in [1.807, 2.05) is 0 Å². The number of hydrogen-bond donors (Lipinski definition) is 3. The van der Waals surface area contributed by atoms with Crippen molar-refractivity contribution in [3.05, 3.63) is 21.6 Å². The van der Waals surface area contributed by atoms with E-state index < -0.39 is 35.3 Å². The minimum atomic E-state index is -1.64. The summed E-state index contributed by atoms with van der Waals surface area (Å²) in [5, 5.41) is 30.0. The average molecular weight is 259 g/mol. The van der Waals surface area contributed by atoms with Crippen molar-refractivity contribution in [3.63, 3.8) is 0 Å². The lowest BCUT2D eigenvalue weighted by Crippen LogP contribution is -2.23. The molecule has 18 heavy (non-hydrogen) atoms. The van der Waals surface area contributed by atoms with Gasteiger partial charge in [-0.2, -0.15) is 0 Å². The molecule has 0 saturated heterocycles. The van der Waals surface area contributed by atoms with Crippen molar-refractivity contribution in [2.75, 3.05) is 7.11 Å². The van der Waals surface area contributed by atoms with Crippen LogP contribution >= 0.6 is 0 Å². The van der Waals surface area contributed by atoms with Gasteiger partial charge in [0.1, 0.15) is 6.10 Å². The van der Waals surface area contributed by atoms with E-state index in [1.54, 1.807) is 0 Å². The van der Waals surface area contributed by atoms with E-state index in [-0.39, 0.29) is 11.5 Å². The predicted octanol–water partition coefficient (Wildman–Crippen LogP) is -0.416. The Balaban J connectivity index is 2.92. The lowest BCUT2D eigenvalue weighted by Gasteiger charge is -2.14. The summed E-state index contributed by atoms with van der Waals surface area (Å²) in [5.74, 6) is -1.03. The maximum absolute atomic E-state index is 10.9. The minimum Gasteiger partial charge on any atom is -0.469 e. The van der Waals surface area contributed by atoms with Crippen LogP contribution in [0, 0.1) is 17.0 Å². The molecule has 100 valence electrons. The van der Waals surface area contributed by atoms with Crippen LogP contribution in [0.25, 0.3) is 0 Å². The number of hydrogen-bond acceptors (Lipinski definition) is 7. The fourth-order valence-corrected chi connectivity index (χ4v) is 1.39. The Kier molecular flexibility index (Phi) is 4.34. The van der Waals surface area contributed by atoms with Crippen LogP contribution in [0.4, 0.5) is 5.82 Å². The highest BCUT2D eigenvalue weighted by Crippen LogP contribution is 2.26. The zero-order chi connectivity index (χ0) is 13.9. The third kappa shape index (κ3) is 3.02. The molecule has 0 aromatic carbocycles. The third-order valence-electron chi connectivity index (χ3n) is 2.26. The van der Waals surface area contributed by atoms with Crippen molar-refractivity contribution in [1.29, 1.82) is 0 Å². The van der Waals surface area contributed by atoms with Gasteiger partial charge in [-0.15, -0.1) is 0 Å². The van der Waals surface area contributed by atoms with E-state index in [9.17, 15) is 25.1 Å². The Bertz CT molecular complexity index is 457. The maximum Gasteiger partial charge on any atom is 0.346 e. The van der Waals surface area contributed by atoms with Crippen LogP contribution in [0.15, 0.2) is 0 Å². The summed E-state index contributed by atoms with van der Waals surface area (Å²) in [7, 11) is 1.13. The number of imidazole rings is 1. The Hall–Kier alpha value is -2.00. The molecule has 0 amide bonds. The zero-order valence-electron chi connectivity index (χ0n) is 9.78. The number of aliphatic hydroxyl groups is 2. The van der Waals surface area contributed by atoms with Crippen molar-refractivity contribution in [3.8, 4) is 0 Å². The van der Waals surface area contributed by atoms with Crippen LogP contribution in [0.2, 0.25) is 0 Å². The van der Waals surface area contributed by atoms with Crippen molar-refractivity contribution in [2.45, 2.75) is 25.6 Å². The van der Waals surface area contributed by atoms with Crippen molar-refractivity contribution in [2.24, 2.45) is 0 Å². The number of aliphatic hydroxyl groups excluding tert-OH is 2. The fraction of sp³-hybridized carbons (Fsp3) is 0.556. The van der Waals surface area contributed by atoms with Crippen LogP contribution in [0.5, 0.6) is 0 Å². The first-order valence-corrected chi connectivity index (χ1v) is 5.00. The van der Waals surface area contributed by atoms with Crippen molar-refractivity contribution >= 4 is 11.8 Å². The van der Waals surface area contributed by atoms with E-state index >= 15 is 0 Å². The highest BCUT2D eigenvalue weighted by molar-refractivity contribution is 5.69. The van der Waals surface area contributed by atoms with E-state index in [4.69, 9.17) is 0 Å². The predicted molar refractivity (Wildman–Crippen MR) is 57.6 cm³/mol. The van der Waals surface area contributed by atoms with Gasteiger partial charge in [0.25, 0.3) is 0 Å². The molecule has 1 heterocycles. The molecule has 1 aromatic heterocycles. The number of H-pyrrole nitrogens is 1. The minimum absolute atomic E-state index is 0.223. The molecule has 0 saturated carbocycles. The zero-order valence-corrected chi connectivity index (χ0v) is 9.78. The van der Waals surface area contributed by atoms with Gasteiger partial charge in [0.15, 0.2) is 11.5 Å². The summed E-state index contributed by atoms with van der Waals surface area (Å²) < 4.78 is 4.32. The van der Waals surface area contributed by atoms with Crippen molar-refractivity contribution in [1.82, 2.24) is 9.97 Å². The highest BCUT2D eigenvalue weighted by atomic mass is 16.6. The Morgan fingerprint density at radius 3 is 2.72 bits per heavy atom. The molecule has 0 bridgehead atoms. The molecule has 3 N–H and O–H groups in total. The Morgan fingerprint density at radius 2 is 2.22 bits per heavy atom. The molecule has 2 unspecified atom stereocenters. The number of rotatable bonds is 5. The lowest BCUT2D eigenvalue weighted by atomic mass is 10.1. The van der Waals surface area contributed by atoms with E-state index in [0.717, 1.165) is 7.11 Å². The molecule has 2 atom stereocenters. The second-order valence-corrected chi connectivity index (χ2v) is 3.61. The molecular weight excluding hydrogens is 246 g/mol. The fourth-order valence-electron chi connectivity index (χ4n) is 1.39. The van der Waals surface area contributed by atoms with Gasteiger partial charge < -0.3 is 25.1 Å². The molecule has 1 aromatic rings. The lowest BCUT2D eigenvalue weighted by molar-refractivity contribution is -0.390. The maximum atomic E-state index is 10.9. The van der Waals surface area contributed by atoms with E-state index in [2.05, 4.69) is 14.7 Å². The number of carbonyl (C=O) groups excluding carboxylic acids is 1. The van der Waals surface area contributed by atoms with Crippen LogP contribution in [-0.4, -0.2) is 44.3 Å². The number of aromatic amines is 1. The highest BCUT2D eigenvalue weighted by Gasteiger charge is 2.31. The number of aryl methyl sites for hydroxylation is 1. The van der Waals surface area contributed by atoms with Crippen LogP contribution in [0.3, 0.4) is 0 Å². The monoisotopic (exact) mass is 259 g/mol. The second kappa shape index (κ2) is 5.56. The van der Waals surface area contributed by atoms with Gasteiger partial charge in [0, 0.05) is 6.92 Å². The first-order chi connectivity index (χ1) is 8.36. The molecule has 0 fully saturated rings. The second-order valence-electron chi connectivity index (χ2n) is 3.61. The molecule has 9 nitrogen and oxygen atoms in total. The van der Waals surface area contributed by atoms with E-state index in [1.165, 1.54) is 6.92 Å². The average Bonchev–Trinajstić information content (AvgIpc) is 2.70. The Labute approximate surface area is 102 Å². The normalized spacial score (nSPS) is 14.0. The molecule has 0 aliphatic carbocycles. The quantitative estimate of drug-likeness (QED) is 0.371. The summed E-state index contributed by atoms with van der Waals surface area (Å²) in [5.41, 5.74) is -0.311. The summed E-state index contributed by atoms with van der Waals surface area (Å²) in [6, 6.07) is 0. The van der Waals surface area contributed by atoms with Gasteiger partial charge in [0.05, 0.1) is 19.6 Å². The van der Waals surface area contributed by atoms with Crippen LogP contribution < -0.4 is 0 Å². The summed E-state index contributed by atoms with van der Waals surface area (Å²) in [6.07, 6.45) is -3.66. The van der Waals surface area contributed by atoms with Crippen LogP contribution in [0.1, 0.15) is 24.0 Å². The molecular formula is C9H13N3O6. The number of methoxy groups -OCH3 is 1. The van der Waals surface area contributed by atoms with Gasteiger partial charge in [0.2, 0.25) is 0 Å². The van der Waals surface area contributed by atoms with E-state index in [0.29, 0.717) is 0 Å².